The van der Waals surface area contributed by atoms with Crippen molar-refractivity contribution in [3.8, 4) is 16.9 Å². The lowest BCUT2D eigenvalue weighted by atomic mass is 9.95. The molecule has 0 spiro atoms. The lowest BCUT2D eigenvalue weighted by molar-refractivity contribution is 0.152. The van der Waals surface area contributed by atoms with Crippen LogP contribution in [-0.4, -0.2) is 53.5 Å². The van der Waals surface area contributed by atoms with E-state index in [0.29, 0.717) is 12.2 Å². The number of benzene rings is 2. The molecule has 9 nitrogen and oxygen atoms in total. The molecule has 6 rings (SSSR count). The predicted octanol–water partition coefficient (Wildman–Crippen LogP) is 5.40. The van der Waals surface area contributed by atoms with Gasteiger partial charge in [0.05, 0.1) is 23.9 Å². The summed E-state index contributed by atoms with van der Waals surface area (Å²) in [5, 5.41) is 27.3. The standard InChI is InChI=1S/C31H34N8O/c1-19(2)28-20(3)39(26-15-22-16-37(6)35-30(22)32-31(26)36(4)5)34-29(28)23-13-10-14-25-24(23)17-38(33-25)18-27(40)21-11-8-7-9-12-21/h7-17,19,27,40H,18H2,1-6H3/t27-/m0/s1. The Kier molecular flexibility index (Phi) is 6.38. The van der Waals surface area contributed by atoms with Crippen molar-refractivity contribution >= 4 is 27.8 Å². The number of aromatic nitrogens is 7. The van der Waals surface area contributed by atoms with Crippen LogP contribution < -0.4 is 4.90 Å². The van der Waals surface area contributed by atoms with E-state index >= 15 is 0 Å². The highest BCUT2D eigenvalue weighted by Crippen LogP contribution is 2.37. The van der Waals surface area contributed by atoms with Gasteiger partial charge < -0.3 is 10.0 Å². The van der Waals surface area contributed by atoms with Crippen LogP contribution in [0.4, 0.5) is 5.82 Å². The molecule has 0 amide bonds. The molecule has 6 aromatic rings. The second-order valence-corrected chi connectivity index (χ2v) is 10.9. The molecule has 0 aliphatic rings. The zero-order valence-corrected chi connectivity index (χ0v) is 23.7. The van der Waals surface area contributed by atoms with Gasteiger partial charge in [0.25, 0.3) is 0 Å². The first-order valence-electron chi connectivity index (χ1n) is 13.5. The molecule has 0 bridgehead atoms. The number of anilines is 1. The topological polar surface area (TPSA) is 89.8 Å². The molecular formula is C31H34N8O. The monoisotopic (exact) mass is 534 g/mol. The Balaban J connectivity index is 1.49. The SMILES string of the molecule is Cc1c(C(C)C)c(-c2cccc3nn(C[C@H](O)c4ccccc4)cc23)nn1-c1cc2cn(C)nc2nc1N(C)C. The molecule has 0 aliphatic heterocycles. The fourth-order valence-electron chi connectivity index (χ4n) is 5.53. The van der Waals surface area contributed by atoms with E-state index in [4.69, 9.17) is 15.2 Å². The van der Waals surface area contributed by atoms with Crippen molar-refractivity contribution in [1.29, 1.82) is 0 Å². The van der Waals surface area contributed by atoms with E-state index in [2.05, 4.69) is 38.0 Å². The average Bonchev–Trinajstić information content (AvgIpc) is 3.61. The molecular weight excluding hydrogens is 500 g/mol. The maximum atomic E-state index is 10.8. The van der Waals surface area contributed by atoms with E-state index in [1.807, 2.05) is 90.3 Å². The maximum absolute atomic E-state index is 10.8. The number of aliphatic hydroxyl groups is 1. The predicted molar refractivity (Wildman–Crippen MR) is 159 cm³/mol. The highest BCUT2D eigenvalue weighted by atomic mass is 16.3. The molecule has 1 N–H and O–H groups in total. The minimum Gasteiger partial charge on any atom is -0.386 e. The Morgan fingerprint density at radius 3 is 2.45 bits per heavy atom. The molecule has 0 radical (unpaired) electrons. The quantitative estimate of drug-likeness (QED) is 0.295. The minimum atomic E-state index is -0.647. The van der Waals surface area contributed by atoms with Gasteiger partial charge in [-0.15, -0.1) is 0 Å². The first-order chi connectivity index (χ1) is 19.2. The van der Waals surface area contributed by atoms with E-state index in [0.717, 1.165) is 50.3 Å². The van der Waals surface area contributed by atoms with E-state index in [9.17, 15) is 5.11 Å². The number of hydrogen-bond donors (Lipinski definition) is 1. The highest BCUT2D eigenvalue weighted by molar-refractivity contribution is 5.94. The van der Waals surface area contributed by atoms with Crippen molar-refractivity contribution in [2.45, 2.75) is 39.3 Å². The maximum Gasteiger partial charge on any atom is 0.183 e. The van der Waals surface area contributed by atoms with Gasteiger partial charge in [0.1, 0.15) is 5.69 Å². The molecule has 2 aromatic carbocycles. The van der Waals surface area contributed by atoms with Gasteiger partial charge in [-0.3, -0.25) is 9.36 Å². The van der Waals surface area contributed by atoms with Gasteiger partial charge in [-0.25, -0.2) is 9.67 Å². The highest BCUT2D eigenvalue weighted by Gasteiger charge is 2.24. The van der Waals surface area contributed by atoms with Crippen LogP contribution in [0.3, 0.4) is 0 Å². The Bertz CT molecular complexity index is 1830. The first kappa shape index (κ1) is 25.8. The van der Waals surface area contributed by atoms with Gasteiger partial charge in [-0.05, 0) is 30.5 Å². The van der Waals surface area contributed by atoms with E-state index in [1.165, 1.54) is 5.56 Å². The van der Waals surface area contributed by atoms with Gasteiger partial charge >= 0.3 is 0 Å². The van der Waals surface area contributed by atoms with Crippen LogP contribution in [0, 0.1) is 6.92 Å². The summed E-state index contributed by atoms with van der Waals surface area (Å²) in [5.74, 6) is 1.05. The number of rotatable bonds is 7. The second-order valence-electron chi connectivity index (χ2n) is 10.9. The number of nitrogens with zero attached hydrogens (tertiary/aromatic N) is 8. The van der Waals surface area contributed by atoms with Gasteiger partial charge in [-0.1, -0.05) is 56.3 Å². The van der Waals surface area contributed by atoms with Crippen LogP contribution in [0.1, 0.15) is 42.7 Å². The number of aryl methyl sites for hydroxylation is 1. The second kappa shape index (κ2) is 9.91. The third kappa shape index (κ3) is 4.42. The number of aliphatic hydroxyl groups excluding tert-OH is 1. The molecule has 0 unspecified atom stereocenters. The number of fused-ring (bicyclic) bond motifs is 2. The van der Waals surface area contributed by atoms with E-state index in [-0.39, 0.29) is 5.92 Å². The van der Waals surface area contributed by atoms with E-state index in [1.54, 1.807) is 4.68 Å². The average molecular weight is 535 g/mol. The van der Waals surface area contributed by atoms with Crippen LogP contribution in [0.15, 0.2) is 67.0 Å². The molecule has 0 aliphatic carbocycles. The summed E-state index contributed by atoms with van der Waals surface area (Å²) >= 11 is 0. The number of pyridine rings is 1. The molecule has 1 atom stereocenters. The van der Waals surface area contributed by atoms with Crippen LogP contribution in [-0.2, 0) is 13.6 Å². The molecule has 0 saturated heterocycles. The zero-order valence-electron chi connectivity index (χ0n) is 23.7. The van der Waals surface area contributed by atoms with Crippen LogP contribution in [0.5, 0.6) is 0 Å². The normalized spacial score (nSPS) is 12.6. The molecule has 4 aromatic heterocycles. The largest absolute Gasteiger partial charge is 0.386 e. The summed E-state index contributed by atoms with van der Waals surface area (Å²) in [6.07, 6.45) is 3.35. The molecule has 40 heavy (non-hydrogen) atoms. The summed E-state index contributed by atoms with van der Waals surface area (Å²) < 4.78 is 5.63. The Morgan fingerprint density at radius 2 is 1.73 bits per heavy atom. The lowest BCUT2D eigenvalue weighted by Gasteiger charge is -2.17. The molecule has 204 valence electrons. The van der Waals surface area contributed by atoms with Crippen molar-refractivity contribution < 1.29 is 5.11 Å². The van der Waals surface area contributed by atoms with E-state index < -0.39 is 6.10 Å². The Hall–Kier alpha value is -4.50. The van der Waals surface area contributed by atoms with Crippen molar-refractivity contribution in [3.63, 3.8) is 0 Å². The third-order valence-electron chi connectivity index (χ3n) is 7.36. The third-order valence-corrected chi connectivity index (χ3v) is 7.36. The number of hydrogen-bond acceptors (Lipinski definition) is 6. The summed E-state index contributed by atoms with van der Waals surface area (Å²) in [7, 11) is 5.88. The molecule has 4 heterocycles. The van der Waals surface area contributed by atoms with Crippen molar-refractivity contribution in [2.24, 2.45) is 7.05 Å². The lowest BCUT2D eigenvalue weighted by Crippen LogP contribution is -2.15. The van der Waals surface area contributed by atoms with Crippen LogP contribution in [0.2, 0.25) is 0 Å². The molecule has 0 saturated carbocycles. The van der Waals surface area contributed by atoms with Gasteiger partial charge in [0, 0.05) is 61.1 Å². The summed E-state index contributed by atoms with van der Waals surface area (Å²) in [6, 6.07) is 17.9. The Morgan fingerprint density at radius 1 is 0.950 bits per heavy atom. The summed E-state index contributed by atoms with van der Waals surface area (Å²) in [5.41, 5.74) is 7.55. The minimum absolute atomic E-state index is 0.242. The van der Waals surface area contributed by atoms with Gasteiger partial charge in [0.2, 0.25) is 0 Å². The van der Waals surface area contributed by atoms with Gasteiger partial charge in [0.15, 0.2) is 11.5 Å². The van der Waals surface area contributed by atoms with Crippen LogP contribution in [0.25, 0.3) is 38.9 Å². The smallest absolute Gasteiger partial charge is 0.183 e. The molecule has 9 heteroatoms. The summed E-state index contributed by atoms with van der Waals surface area (Å²) in [4.78, 5) is 6.87. The fourth-order valence-corrected chi connectivity index (χ4v) is 5.53. The van der Waals surface area contributed by atoms with Gasteiger partial charge in [-0.2, -0.15) is 15.3 Å². The Labute approximate surface area is 233 Å². The van der Waals surface area contributed by atoms with Crippen molar-refractivity contribution in [3.05, 3.63) is 83.8 Å². The fraction of sp³-hybridized carbons (Fsp3) is 0.290. The first-order valence-corrected chi connectivity index (χ1v) is 13.5. The van der Waals surface area contributed by atoms with Crippen molar-refractivity contribution in [1.82, 2.24) is 34.3 Å². The van der Waals surface area contributed by atoms with Crippen molar-refractivity contribution in [2.75, 3.05) is 19.0 Å². The molecule has 0 fully saturated rings. The summed E-state index contributed by atoms with van der Waals surface area (Å²) in [6.45, 7) is 6.89. The van der Waals surface area contributed by atoms with Crippen LogP contribution >= 0.6 is 0 Å². The zero-order chi connectivity index (χ0) is 28.1.